The third-order valence-corrected chi connectivity index (χ3v) is 10.5. The zero-order valence-corrected chi connectivity index (χ0v) is 29.5. The lowest BCUT2D eigenvalue weighted by Crippen LogP contribution is -2.56. The molecule has 5 rings (SSSR count). The van der Waals surface area contributed by atoms with Gasteiger partial charge in [-0.3, -0.25) is 14.4 Å². The standard InChI is InChI=1S/C39H52N4O6/c1-7-24-41(30-18-20-31(21-19-30)48-11-5)35(45)32-33-36(46)43(26-12-13-27-44)34(39(33)23-22-38(32,6)49-39)37(47)42(25-8-2)29-16-14-28(15-17-29)40(9-3)10-4/h7-8,14-21,32-34,44H,1-2,9-13,22-27H2,3-6H3/t32-,33+,34?,38+,39?/m1/s1. The first-order chi connectivity index (χ1) is 23.6. The molecule has 3 saturated heterocycles. The molecule has 0 aromatic heterocycles. The van der Waals surface area contributed by atoms with Crippen LogP contribution in [0.5, 0.6) is 5.75 Å². The van der Waals surface area contributed by atoms with Crippen LogP contribution in [0.1, 0.15) is 53.4 Å². The lowest BCUT2D eigenvalue weighted by Gasteiger charge is -2.37. The van der Waals surface area contributed by atoms with Crippen LogP contribution in [-0.4, -0.2) is 90.9 Å². The Balaban J connectivity index is 1.54. The van der Waals surface area contributed by atoms with Crippen molar-refractivity contribution in [3.63, 3.8) is 0 Å². The first-order valence-electron chi connectivity index (χ1n) is 17.7. The lowest BCUT2D eigenvalue weighted by atomic mass is 9.66. The summed E-state index contributed by atoms with van der Waals surface area (Å²) in [6, 6.07) is 14.3. The molecular formula is C39H52N4O6. The van der Waals surface area contributed by atoms with Gasteiger partial charge in [-0.2, -0.15) is 0 Å². The quantitative estimate of drug-likeness (QED) is 0.182. The number of hydrogen-bond acceptors (Lipinski definition) is 7. The molecule has 1 N–H and O–H groups in total. The van der Waals surface area contributed by atoms with E-state index in [2.05, 4.69) is 31.9 Å². The van der Waals surface area contributed by atoms with Gasteiger partial charge in [-0.25, -0.2) is 0 Å². The first kappa shape index (κ1) is 36.1. The number of unbranched alkanes of at least 4 members (excludes halogenated alkanes) is 1. The molecule has 0 aliphatic carbocycles. The van der Waals surface area contributed by atoms with Crippen molar-refractivity contribution in [2.45, 2.75) is 70.6 Å². The summed E-state index contributed by atoms with van der Waals surface area (Å²) in [7, 11) is 0. The van der Waals surface area contributed by atoms with Crippen molar-refractivity contribution in [2.75, 3.05) is 60.6 Å². The Kier molecular flexibility index (Phi) is 11.2. The molecule has 49 heavy (non-hydrogen) atoms. The van der Waals surface area contributed by atoms with E-state index in [0.29, 0.717) is 49.4 Å². The monoisotopic (exact) mass is 672 g/mol. The second-order valence-corrected chi connectivity index (χ2v) is 13.3. The van der Waals surface area contributed by atoms with Crippen molar-refractivity contribution in [3.05, 3.63) is 73.8 Å². The average molecular weight is 673 g/mol. The summed E-state index contributed by atoms with van der Waals surface area (Å²) in [5.41, 5.74) is 0.303. The van der Waals surface area contributed by atoms with Crippen LogP contribution in [0.3, 0.4) is 0 Å². The van der Waals surface area contributed by atoms with Crippen molar-refractivity contribution < 1.29 is 29.0 Å². The van der Waals surface area contributed by atoms with E-state index >= 15 is 0 Å². The molecule has 2 aromatic carbocycles. The molecule has 1 spiro atoms. The Morgan fingerprint density at radius 2 is 1.49 bits per heavy atom. The van der Waals surface area contributed by atoms with E-state index in [0.717, 1.165) is 18.8 Å². The molecule has 2 bridgehead atoms. The minimum atomic E-state index is -1.18. The largest absolute Gasteiger partial charge is 0.494 e. The SMILES string of the molecule is C=CCN(C(=O)C1N(CCCCO)C(=O)[C@@H]2[C@H](C(=O)N(CC=C)c3ccc(OCC)cc3)[C@]3(C)CCC12O3)c1ccc(N(CC)CC)cc1. The van der Waals surface area contributed by atoms with Gasteiger partial charge in [0, 0.05) is 56.4 Å². The average Bonchev–Trinajstić information content (AvgIpc) is 3.67. The maximum absolute atomic E-state index is 14.9. The molecule has 2 unspecified atom stereocenters. The van der Waals surface area contributed by atoms with Crippen LogP contribution < -0.4 is 19.4 Å². The highest BCUT2D eigenvalue weighted by molar-refractivity contribution is 6.07. The Hall–Kier alpha value is -4.15. The maximum atomic E-state index is 14.9. The highest BCUT2D eigenvalue weighted by Gasteiger charge is 2.78. The predicted octanol–water partition coefficient (Wildman–Crippen LogP) is 5.21. The number of carbonyl (C=O) groups excluding carboxylic acids is 3. The van der Waals surface area contributed by atoms with Crippen molar-refractivity contribution in [1.29, 1.82) is 0 Å². The van der Waals surface area contributed by atoms with E-state index in [1.54, 1.807) is 26.9 Å². The Bertz CT molecular complexity index is 1510. The van der Waals surface area contributed by atoms with Gasteiger partial charge in [0.15, 0.2) is 0 Å². The Morgan fingerprint density at radius 1 is 0.918 bits per heavy atom. The molecule has 10 heteroatoms. The van der Waals surface area contributed by atoms with E-state index in [9.17, 15) is 19.5 Å². The molecular weight excluding hydrogens is 620 g/mol. The number of benzene rings is 2. The molecule has 5 atom stereocenters. The maximum Gasteiger partial charge on any atom is 0.253 e. The van der Waals surface area contributed by atoms with Gasteiger partial charge in [0.05, 0.1) is 24.0 Å². The molecule has 3 aliphatic heterocycles. The van der Waals surface area contributed by atoms with Crippen LogP contribution in [0.4, 0.5) is 17.1 Å². The summed E-state index contributed by atoms with van der Waals surface area (Å²) >= 11 is 0. The van der Waals surface area contributed by atoms with E-state index in [-0.39, 0.29) is 44.0 Å². The molecule has 264 valence electrons. The van der Waals surface area contributed by atoms with E-state index in [1.165, 1.54) is 0 Å². The van der Waals surface area contributed by atoms with Gasteiger partial charge < -0.3 is 34.2 Å². The lowest BCUT2D eigenvalue weighted by molar-refractivity contribution is -0.144. The molecule has 3 aliphatic rings. The zero-order chi connectivity index (χ0) is 35.3. The summed E-state index contributed by atoms with van der Waals surface area (Å²) < 4.78 is 12.5. The van der Waals surface area contributed by atoms with Crippen LogP contribution in [0.15, 0.2) is 73.8 Å². The first-order valence-corrected chi connectivity index (χ1v) is 17.7. The summed E-state index contributed by atoms with van der Waals surface area (Å²) in [4.78, 5) is 51.5. The highest BCUT2D eigenvalue weighted by Crippen LogP contribution is 2.63. The smallest absolute Gasteiger partial charge is 0.253 e. The summed E-state index contributed by atoms with van der Waals surface area (Å²) in [6.07, 6.45) is 5.36. The predicted molar refractivity (Wildman–Crippen MR) is 193 cm³/mol. The van der Waals surface area contributed by atoms with Crippen molar-refractivity contribution in [1.82, 2.24) is 4.90 Å². The minimum absolute atomic E-state index is 0.0228. The van der Waals surface area contributed by atoms with Gasteiger partial charge in [-0.1, -0.05) is 12.2 Å². The molecule has 3 amide bonds. The normalized spacial score (nSPS) is 25.2. The number of hydrogen-bond donors (Lipinski definition) is 1. The molecule has 2 aromatic rings. The Morgan fingerprint density at radius 3 is 2.04 bits per heavy atom. The third-order valence-electron chi connectivity index (χ3n) is 10.5. The zero-order valence-electron chi connectivity index (χ0n) is 29.5. The van der Waals surface area contributed by atoms with Crippen LogP contribution in [-0.2, 0) is 19.1 Å². The fourth-order valence-electron chi connectivity index (χ4n) is 8.26. The van der Waals surface area contributed by atoms with Gasteiger partial charge in [0.1, 0.15) is 17.4 Å². The third kappa shape index (κ3) is 6.48. The van der Waals surface area contributed by atoms with Gasteiger partial charge >= 0.3 is 0 Å². The number of aliphatic hydroxyl groups is 1. The number of likely N-dealkylation sites (tertiary alicyclic amines) is 1. The van der Waals surface area contributed by atoms with Crippen LogP contribution >= 0.6 is 0 Å². The topological polar surface area (TPSA) is 103 Å². The van der Waals surface area contributed by atoms with E-state index in [4.69, 9.17) is 9.47 Å². The van der Waals surface area contributed by atoms with Crippen LogP contribution in [0.25, 0.3) is 0 Å². The molecule has 0 radical (unpaired) electrons. The second-order valence-electron chi connectivity index (χ2n) is 13.3. The highest BCUT2D eigenvalue weighted by atomic mass is 16.5. The summed E-state index contributed by atoms with van der Waals surface area (Å²) in [6.45, 7) is 18.8. The number of fused-ring (bicyclic) bond motifs is 1. The Labute approximate surface area is 290 Å². The number of amides is 3. The molecule has 3 heterocycles. The van der Waals surface area contributed by atoms with Crippen molar-refractivity contribution in [2.24, 2.45) is 11.8 Å². The van der Waals surface area contributed by atoms with Crippen molar-refractivity contribution in [3.8, 4) is 5.75 Å². The van der Waals surface area contributed by atoms with Crippen molar-refractivity contribution >= 4 is 34.8 Å². The number of rotatable bonds is 17. The number of ether oxygens (including phenoxy) is 2. The van der Waals surface area contributed by atoms with Gasteiger partial charge in [0.25, 0.3) is 5.91 Å². The molecule has 10 nitrogen and oxygen atoms in total. The molecule has 3 fully saturated rings. The minimum Gasteiger partial charge on any atom is -0.494 e. The number of nitrogens with zero attached hydrogens (tertiary/aromatic N) is 4. The molecule has 0 saturated carbocycles. The number of aliphatic hydroxyl groups excluding tert-OH is 1. The number of carbonyl (C=O) groups is 3. The van der Waals surface area contributed by atoms with Crippen LogP contribution in [0.2, 0.25) is 0 Å². The second kappa shape index (κ2) is 15.2. The van der Waals surface area contributed by atoms with Gasteiger partial charge in [-0.15, -0.1) is 13.2 Å². The summed E-state index contributed by atoms with van der Waals surface area (Å²) in [5.74, 6) is -1.69. The fourth-order valence-corrected chi connectivity index (χ4v) is 8.26. The summed E-state index contributed by atoms with van der Waals surface area (Å²) in [5, 5.41) is 9.58. The number of anilines is 3. The van der Waals surface area contributed by atoms with Gasteiger partial charge in [0.2, 0.25) is 11.8 Å². The van der Waals surface area contributed by atoms with Gasteiger partial charge in [-0.05, 0) is 102 Å². The fraction of sp³-hybridized carbons (Fsp3) is 0.513. The van der Waals surface area contributed by atoms with Crippen LogP contribution in [0, 0.1) is 11.8 Å². The van der Waals surface area contributed by atoms with E-state index in [1.807, 2.05) is 62.4 Å². The van der Waals surface area contributed by atoms with E-state index < -0.39 is 29.1 Å².